The average molecular weight is 469 g/mol. The molecular weight excluding hydrogens is 444 g/mol. The summed E-state index contributed by atoms with van der Waals surface area (Å²) in [5.41, 5.74) is 1.48. The maximum atomic E-state index is 3.54. The van der Waals surface area contributed by atoms with Gasteiger partial charge in [0.15, 0.2) is 0 Å². The molecule has 0 atom stereocenters. The molecule has 1 aromatic carbocycles. The summed E-state index contributed by atoms with van der Waals surface area (Å²) >= 11 is 10.6. The second-order valence-electron chi connectivity index (χ2n) is 5.43. The van der Waals surface area contributed by atoms with Gasteiger partial charge in [0.25, 0.3) is 0 Å². The van der Waals surface area contributed by atoms with Crippen LogP contribution in [0.1, 0.15) is 63.4 Å². The topological polar surface area (TPSA) is 0 Å². The molecular formula is C17H25Br3. The van der Waals surface area contributed by atoms with Crippen molar-refractivity contribution >= 4 is 47.8 Å². The Morgan fingerprint density at radius 3 is 1.70 bits per heavy atom. The van der Waals surface area contributed by atoms with Crippen LogP contribution in [0.2, 0.25) is 0 Å². The first-order valence-corrected chi connectivity index (χ1v) is 10.1. The van der Waals surface area contributed by atoms with Gasteiger partial charge < -0.3 is 0 Å². The molecule has 20 heavy (non-hydrogen) atoms. The molecule has 0 nitrogen and oxygen atoms in total. The van der Waals surface area contributed by atoms with Gasteiger partial charge in [-0.2, -0.15) is 0 Å². The molecule has 0 radical (unpaired) electrons. The van der Waals surface area contributed by atoms with Crippen LogP contribution in [0.4, 0.5) is 0 Å². The van der Waals surface area contributed by atoms with Crippen LogP contribution in [0, 0.1) is 0 Å². The zero-order valence-electron chi connectivity index (χ0n) is 12.1. The van der Waals surface area contributed by atoms with E-state index in [0.717, 1.165) is 6.42 Å². The lowest BCUT2D eigenvalue weighted by Gasteiger charge is -2.10. The van der Waals surface area contributed by atoms with Crippen molar-refractivity contribution < 1.29 is 0 Å². The van der Waals surface area contributed by atoms with E-state index in [-0.39, 0.29) is 2.14 Å². The third-order valence-electron chi connectivity index (χ3n) is 3.52. The molecule has 0 unspecified atom stereocenters. The summed E-state index contributed by atoms with van der Waals surface area (Å²) in [6.07, 6.45) is 13.3. The Hall–Kier alpha value is 0.660. The van der Waals surface area contributed by atoms with E-state index in [0.29, 0.717) is 0 Å². The fourth-order valence-electron chi connectivity index (χ4n) is 2.36. The monoisotopic (exact) mass is 466 g/mol. The van der Waals surface area contributed by atoms with Crippen molar-refractivity contribution in [2.24, 2.45) is 0 Å². The predicted octanol–water partition coefficient (Wildman–Crippen LogP) is 7.58. The van der Waals surface area contributed by atoms with Crippen LogP contribution in [0.3, 0.4) is 0 Å². The van der Waals surface area contributed by atoms with Gasteiger partial charge in [0, 0.05) is 0 Å². The molecule has 0 aliphatic heterocycles. The Labute approximate surface area is 149 Å². The van der Waals surface area contributed by atoms with E-state index in [2.05, 4.69) is 78.1 Å². The normalized spacial score (nSPS) is 11.8. The van der Waals surface area contributed by atoms with Crippen LogP contribution < -0.4 is 0 Å². The molecule has 0 spiro atoms. The number of aryl methyl sites for hydroxylation is 1. The van der Waals surface area contributed by atoms with Gasteiger partial charge in [-0.05, 0) is 24.8 Å². The largest absolute Gasteiger partial charge is 0.135 e. The zero-order chi connectivity index (χ0) is 14.7. The van der Waals surface area contributed by atoms with Crippen LogP contribution in [0.25, 0.3) is 0 Å². The number of alkyl halides is 3. The molecule has 0 saturated heterocycles. The first kappa shape index (κ1) is 18.7. The summed E-state index contributed by atoms with van der Waals surface area (Å²) in [7, 11) is 0. The van der Waals surface area contributed by atoms with E-state index in [1.54, 1.807) is 0 Å². The number of hydrogen-bond donors (Lipinski definition) is 0. The van der Waals surface area contributed by atoms with E-state index in [1.807, 2.05) is 0 Å². The SMILES string of the molecule is BrC(Br)(Br)CCCCCCCCCCc1ccccc1. The third-order valence-corrected chi connectivity index (χ3v) is 4.71. The quantitative estimate of drug-likeness (QED) is 0.245. The average Bonchev–Trinajstić information content (AvgIpc) is 2.41. The van der Waals surface area contributed by atoms with Crippen LogP contribution in [0.15, 0.2) is 30.3 Å². The van der Waals surface area contributed by atoms with Crippen molar-refractivity contribution in [1.29, 1.82) is 0 Å². The first-order chi connectivity index (χ1) is 9.58. The maximum absolute atomic E-state index is 3.54. The standard InChI is InChI=1S/C17H25Br3/c18-17(19,20)15-11-6-4-2-1-3-5-8-12-16-13-9-7-10-14-16/h7,9-10,13-14H,1-6,8,11-12,15H2. The first-order valence-electron chi connectivity index (χ1n) is 7.68. The van der Waals surface area contributed by atoms with Gasteiger partial charge in [-0.1, -0.05) is 123 Å². The van der Waals surface area contributed by atoms with Crippen LogP contribution in [-0.2, 0) is 6.42 Å². The summed E-state index contributed by atoms with van der Waals surface area (Å²) in [4.78, 5) is 0. The molecule has 0 aliphatic carbocycles. The number of rotatable bonds is 10. The van der Waals surface area contributed by atoms with Crippen LogP contribution in [-0.4, -0.2) is 2.14 Å². The van der Waals surface area contributed by atoms with Gasteiger partial charge >= 0.3 is 0 Å². The molecule has 0 aliphatic rings. The molecule has 0 saturated carbocycles. The molecule has 0 N–H and O–H groups in total. The molecule has 0 amide bonds. The Balaban J connectivity index is 1.83. The summed E-state index contributed by atoms with van der Waals surface area (Å²) in [5, 5.41) is 0. The number of unbranched alkanes of at least 4 members (excludes halogenated alkanes) is 7. The van der Waals surface area contributed by atoms with Crippen LogP contribution in [0.5, 0.6) is 0 Å². The van der Waals surface area contributed by atoms with Gasteiger partial charge in [0.1, 0.15) is 2.14 Å². The molecule has 3 heteroatoms. The highest BCUT2D eigenvalue weighted by Crippen LogP contribution is 2.38. The Bertz CT molecular complexity index is 330. The minimum absolute atomic E-state index is 0.0373. The van der Waals surface area contributed by atoms with Crippen LogP contribution >= 0.6 is 47.8 Å². The summed E-state index contributed by atoms with van der Waals surface area (Å²) in [6, 6.07) is 10.8. The fraction of sp³-hybridized carbons (Fsp3) is 0.647. The minimum Gasteiger partial charge on any atom is -0.0622 e. The minimum atomic E-state index is -0.0373. The highest BCUT2D eigenvalue weighted by molar-refractivity contribution is 9.39. The van der Waals surface area contributed by atoms with Gasteiger partial charge in [-0.15, -0.1) is 0 Å². The van der Waals surface area contributed by atoms with Gasteiger partial charge in [-0.25, -0.2) is 0 Å². The number of halogens is 3. The molecule has 0 aromatic heterocycles. The molecule has 114 valence electrons. The second kappa shape index (κ2) is 11.3. The lowest BCUT2D eigenvalue weighted by atomic mass is 10.0. The Kier molecular flexibility index (Phi) is 10.5. The van der Waals surface area contributed by atoms with E-state index in [1.165, 1.54) is 63.4 Å². The Morgan fingerprint density at radius 1 is 0.650 bits per heavy atom. The van der Waals surface area contributed by atoms with Crippen molar-refractivity contribution in [2.45, 2.75) is 66.4 Å². The highest BCUT2D eigenvalue weighted by Gasteiger charge is 2.15. The van der Waals surface area contributed by atoms with Gasteiger partial charge in [0.2, 0.25) is 0 Å². The van der Waals surface area contributed by atoms with Crippen molar-refractivity contribution in [1.82, 2.24) is 0 Å². The van der Waals surface area contributed by atoms with E-state index >= 15 is 0 Å². The molecule has 0 heterocycles. The Morgan fingerprint density at radius 2 is 1.15 bits per heavy atom. The smallest absolute Gasteiger partial charge is 0.0622 e. The van der Waals surface area contributed by atoms with Crippen molar-refractivity contribution in [3.63, 3.8) is 0 Å². The molecule has 1 aromatic rings. The van der Waals surface area contributed by atoms with Crippen molar-refractivity contribution in [3.8, 4) is 0 Å². The molecule has 1 rings (SSSR count). The third kappa shape index (κ3) is 11.3. The molecule has 0 bridgehead atoms. The van der Waals surface area contributed by atoms with Crippen molar-refractivity contribution in [3.05, 3.63) is 35.9 Å². The second-order valence-corrected chi connectivity index (χ2v) is 12.7. The highest BCUT2D eigenvalue weighted by atomic mass is 80.0. The fourth-order valence-corrected chi connectivity index (χ4v) is 3.20. The summed E-state index contributed by atoms with van der Waals surface area (Å²) in [6.45, 7) is 0. The lowest BCUT2D eigenvalue weighted by Crippen LogP contribution is -1.98. The number of hydrogen-bond acceptors (Lipinski definition) is 0. The van der Waals surface area contributed by atoms with E-state index in [9.17, 15) is 0 Å². The van der Waals surface area contributed by atoms with E-state index < -0.39 is 0 Å². The van der Waals surface area contributed by atoms with Crippen molar-refractivity contribution in [2.75, 3.05) is 0 Å². The number of benzene rings is 1. The lowest BCUT2D eigenvalue weighted by molar-refractivity contribution is 0.563. The molecule has 0 fully saturated rings. The maximum Gasteiger partial charge on any atom is 0.135 e. The van der Waals surface area contributed by atoms with Gasteiger partial charge in [0.05, 0.1) is 0 Å². The van der Waals surface area contributed by atoms with Gasteiger partial charge in [-0.3, -0.25) is 0 Å². The van der Waals surface area contributed by atoms with E-state index in [4.69, 9.17) is 0 Å². The summed E-state index contributed by atoms with van der Waals surface area (Å²) in [5.74, 6) is 0. The predicted molar refractivity (Wildman–Crippen MR) is 101 cm³/mol. The summed E-state index contributed by atoms with van der Waals surface area (Å²) < 4.78 is -0.0373. The zero-order valence-corrected chi connectivity index (χ0v) is 16.8.